The standard InChI is InChI=1S/C13H17NO5/c1-13(2,3)19-12(17)14-7-5-6-8(14)10(15)9(7)11(16)18-4/h5-9H,1-4H3. The molecule has 0 aromatic rings. The minimum atomic E-state index is -0.937. The highest BCUT2D eigenvalue weighted by Gasteiger charge is 2.56. The molecule has 3 atom stereocenters. The van der Waals surface area contributed by atoms with Gasteiger partial charge in [-0.2, -0.15) is 0 Å². The zero-order chi connectivity index (χ0) is 14.4. The second-order valence-electron chi connectivity index (χ2n) is 5.61. The van der Waals surface area contributed by atoms with E-state index in [0.29, 0.717) is 0 Å². The third-order valence-electron chi connectivity index (χ3n) is 3.11. The molecule has 0 aromatic carbocycles. The summed E-state index contributed by atoms with van der Waals surface area (Å²) in [6, 6.07) is -1.32. The number of ether oxygens (including phenoxy) is 2. The maximum absolute atomic E-state index is 12.1. The Morgan fingerprint density at radius 2 is 1.89 bits per heavy atom. The number of carbonyl (C=O) groups excluding carboxylic acids is 3. The van der Waals surface area contributed by atoms with Gasteiger partial charge in [0.15, 0.2) is 5.78 Å². The largest absolute Gasteiger partial charge is 0.468 e. The second kappa shape index (κ2) is 4.36. The molecule has 0 radical (unpaired) electrons. The molecule has 2 heterocycles. The van der Waals surface area contributed by atoms with Crippen LogP contribution < -0.4 is 0 Å². The topological polar surface area (TPSA) is 72.9 Å². The molecular formula is C13H17NO5. The fourth-order valence-corrected chi connectivity index (χ4v) is 2.38. The summed E-state index contributed by atoms with van der Waals surface area (Å²) in [5.41, 5.74) is -0.650. The van der Waals surface area contributed by atoms with Gasteiger partial charge < -0.3 is 9.47 Å². The van der Waals surface area contributed by atoms with Gasteiger partial charge in [-0.3, -0.25) is 14.5 Å². The first-order valence-electron chi connectivity index (χ1n) is 6.07. The first-order valence-corrected chi connectivity index (χ1v) is 6.07. The Morgan fingerprint density at radius 3 is 2.42 bits per heavy atom. The minimum absolute atomic E-state index is 0.315. The van der Waals surface area contributed by atoms with Gasteiger partial charge in [-0.25, -0.2) is 4.79 Å². The molecule has 0 N–H and O–H groups in total. The van der Waals surface area contributed by atoms with Gasteiger partial charge in [0.05, 0.1) is 13.2 Å². The Balaban J connectivity index is 2.20. The van der Waals surface area contributed by atoms with Crippen LogP contribution in [0.25, 0.3) is 0 Å². The predicted molar refractivity (Wildman–Crippen MR) is 65.3 cm³/mol. The first kappa shape index (κ1) is 13.6. The SMILES string of the molecule is COC(=O)C1C(=O)C2C=CC1N2C(=O)OC(C)(C)C. The van der Waals surface area contributed by atoms with Crippen LogP contribution in [0.5, 0.6) is 0 Å². The van der Waals surface area contributed by atoms with Crippen LogP contribution in [0.3, 0.4) is 0 Å². The highest BCUT2D eigenvalue weighted by atomic mass is 16.6. The van der Waals surface area contributed by atoms with E-state index in [1.165, 1.54) is 12.0 Å². The Labute approximate surface area is 111 Å². The summed E-state index contributed by atoms with van der Waals surface area (Å²) in [5.74, 6) is -1.87. The fourth-order valence-electron chi connectivity index (χ4n) is 2.38. The van der Waals surface area contributed by atoms with Gasteiger partial charge in [-0.15, -0.1) is 0 Å². The van der Waals surface area contributed by atoms with Crippen LogP contribution in [0.4, 0.5) is 4.79 Å². The first-order chi connectivity index (χ1) is 8.76. The Morgan fingerprint density at radius 1 is 1.26 bits per heavy atom. The van der Waals surface area contributed by atoms with Crippen molar-refractivity contribution in [3.63, 3.8) is 0 Å². The maximum atomic E-state index is 12.1. The average Bonchev–Trinajstić information content (AvgIpc) is 2.81. The molecule has 104 valence electrons. The normalized spacial score (nSPS) is 28.7. The molecule has 3 unspecified atom stereocenters. The lowest BCUT2D eigenvalue weighted by Gasteiger charge is -2.27. The zero-order valence-electron chi connectivity index (χ0n) is 11.4. The van der Waals surface area contributed by atoms with E-state index in [9.17, 15) is 14.4 Å². The van der Waals surface area contributed by atoms with E-state index in [-0.39, 0.29) is 5.78 Å². The van der Waals surface area contributed by atoms with Crippen molar-refractivity contribution >= 4 is 17.8 Å². The van der Waals surface area contributed by atoms with Crippen molar-refractivity contribution < 1.29 is 23.9 Å². The van der Waals surface area contributed by atoms with E-state index in [0.717, 1.165) is 0 Å². The number of methoxy groups -OCH3 is 1. The van der Waals surface area contributed by atoms with E-state index in [4.69, 9.17) is 4.74 Å². The lowest BCUT2D eigenvalue weighted by molar-refractivity contribution is -0.148. The van der Waals surface area contributed by atoms with Crippen molar-refractivity contribution in [2.24, 2.45) is 5.92 Å². The molecule has 2 bridgehead atoms. The summed E-state index contributed by atoms with van der Waals surface area (Å²) in [4.78, 5) is 37.0. The van der Waals surface area contributed by atoms with E-state index in [1.54, 1.807) is 32.9 Å². The molecule has 0 aliphatic carbocycles. The highest BCUT2D eigenvalue weighted by molar-refractivity contribution is 6.08. The fraction of sp³-hybridized carbons (Fsp3) is 0.615. The lowest BCUT2D eigenvalue weighted by Crippen LogP contribution is -2.42. The number of amides is 1. The Bertz CT molecular complexity index is 462. The van der Waals surface area contributed by atoms with Crippen molar-refractivity contribution in [1.29, 1.82) is 0 Å². The summed E-state index contributed by atoms with van der Waals surface area (Å²) in [6.45, 7) is 5.24. The molecular weight excluding hydrogens is 250 g/mol. The van der Waals surface area contributed by atoms with Crippen LogP contribution >= 0.6 is 0 Å². The van der Waals surface area contributed by atoms with Gasteiger partial charge in [0.2, 0.25) is 0 Å². The van der Waals surface area contributed by atoms with Crippen molar-refractivity contribution in [2.45, 2.75) is 38.5 Å². The molecule has 1 amide bonds. The van der Waals surface area contributed by atoms with Gasteiger partial charge in [-0.1, -0.05) is 12.2 Å². The van der Waals surface area contributed by atoms with E-state index in [1.807, 2.05) is 0 Å². The molecule has 1 saturated heterocycles. The number of hydrogen-bond donors (Lipinski definition) is 0. The third-order valence-corrected chi connectivity index (χ3v) is 3.11. The molecule has 0 saturated carbocycles. The predicted octanol–water partition coefficient (Wildman–Crippen LogP) is 0.902. The lowest BCUT2D eigenvalue weighted by atomic mass is 9.93. The van der Waals surface area contributed by atoms with Crippen LogP contribution in [-0.2, 0) is 19.1 Å². The van der Waals surface area contributed by atoms with E-state index in [2.05, 4.69) is 4.74 Å². The molecule has 2 aliphatic heterocycles. The van der Waals surface area contributed by atoms with Crippen LogP contribution in [0.2, 0.25) is 0 Å². The molecule has 2 aliphatic rings. The highest BCUT2D eigenvalue weighted by Crippen LogP contribution is 2.35. The monoisotopic (exact) mass is 267 g/mol. The number of esters is 1. The van der Waals surface area contributed by atoms with Crippen LogP contribution in [0.1, 0.15) is 20.8 Å². The van der Waals surface area contributed by atoms with Crippen molar-refractivity contribution in [3.05, 3.63) is 12.2 Å². The second-order valence-corrected chi connectivity index (χ2v) is 5.61. The number of nitrogens with zero attached hydrogens (tertiary/aromatic N) is 1. The van der Waals surface area contributed by atoms with Crippen LogP contribution in [0.15, 0.2) is 12.2 Å². The van der Waals surface area contributed by atoms with Crippen molar-refractivity contribution in [3.8, 4) is 0 Å². The Kier molecular flexibility index (Phi) is 3.12. The molecule has 1 fully saturated rings. The zero-order valence-corrected chi connectivity index (χ0v) is 11.4. The van der Waals surface area contributed by atoms with Gasteiger partial charge in [0.25, 0.3) is 0 Å². The summed E-state index contributed by atoms with van der Waals surface area (Å²) >= 11 is 0. The molecule has 19 heavy (non-hydrogen) atoms. The number of rotatable bonds is 1. The van der Waals surface area contributed by atoms with Crippen LogP contribution in [0, 0.1) is 5.92 Å². The molecule has 0 spiro atoms. The molecule has 6 heteroatoms. The quantitative estimate of drug-likeness (QED) is 0.401. The Hall–Kier alpha value is -1.85. The third kappa shape index (κ3) is 2.22. The molecule has 0 aromatic heterocycles. The average molecular weight is 267 g/mol. The van der Waals surface area contributed by atoms with Crippen molar-refractivity contribution in [1.82, 2.24) is 4.90 Å². The molecule has 2 rings (SSSR count). The molecule has 6 nitrogen and oxygen atoms in total. The van der Waals surface area contributed by atoms with Crippen molar-refractivity contribution in [2.75, 3.05) is 7.11 Å². The number of fused-ring (bicyclic) bond motifs is 2. The summed E-state index contributed by atoms with van der Waals surface area (Å²) in [6.07, 6.45) is 2.71. The number of ketones is 1. The number of Topliss-reactive ketones (excluding diaryl/α,β-unsaturated/α-hetero) is 1. The van der Waals surface area contributed by atoms with E-state index < -0.39 is 35.7 Å². The minimum Gasteiger partial charge on any atom is -0.468 e. The number of carbonyl (C=O) groups is 3. The summed E-state index contributed by atoms with van der Waals surface area (Å²) < 4.78 is 9.87. The number of hydrogen-bond acceptors (Lipinski definition) is 5. The van der Waals surface area contributed by atoms with Gasteiger partial charge in [0.1, 0.15) is 17.6 Å². The van der Waals surface area contributed by atoms with E-state index >= 15 is 0 Å². The van der Waals surface area contributed by atoms with Gasteiger partial charge in [-0.05, 0) is 20.8 Å². The summed E-state index contributed by atoms with van der Waals surface area (Å²) in [7, 11) is 1.23. The smallest absolute Gasteiger partial charge is 0.411 e. The summed E-state index contributed by atoms with van der Waals surface area (Å²) in [5, 5.41) is 0. The maximum Gasteiger partial charge on any atom is 0.411 e. The van der Waals surface area contributed by atoms with Crippen LogP contribution in [-0.4, -0.2) is 47.5 Å². The van der Waals surface area contributed by atoms with Gasteiger partial charge >= 0.3 is 12.1 Å². The van der Waals surface area contributed by atoms with Gasteiger partial charge in [0, 0.05) is 0 Å².